The van der Waals surface area contributed by atoms with Gasteiger partial charge in [0, 0.05) is 6.54 Å². The molecule has 1 saturated heterocycles. The first kappa shape index (κ1) is 13.0. The molecule has 1 aliphatic rings. The van der Waals surface area contributed by atoms with Crippen molar-refractivity contribution < 1.29 is 23.2 Å². The number of hydrogen-bond donors (Lipinski definition) is 1. The lowest BCUT2D eigenvalue weighted by Gasteiger charge is -2.13. The molecule has 2 rings (SSSR count). The number of carboxylic acid groups (broad SMARTS) is 1. The Bertz CT molecular complexity index is 546. The third kappa shape index (κ3) is 2.38. The van der Waals surface area contributed by atoms with Crippen molar-refractivity contribution in [1.29, 1.82) is 0 Å². The minimum absolute atomic E-state index is 0.0327. The van der Waals surface area contributed by atoms with Crippen LogP contribution < -0.4 is 0 Å². The summed E-state index contributed by atoms with van der Waals surface area (Å²) in [5, 5.41) is 8.80. The van der Waals surface area contributed by atoms with Crippen molar-refractivity contribution in [2.24, 2.45) is 0 Å². The summed E-state index contributed by atoms with van der Waals surface area (Å²) in [6, 6.07) is 1.13. The molecule has 6 nitrogen and oxygen atoms in total. The van der Waals surface area contributed by atoms with E-state index < -0.39 is 16.0 Å². The molecular formula is C8H8BrNO5S2. The van der Waals surface area contributed by atoms with Gasteiger partial charge < -0.3 is 5.11 Å². The Hall–Kier alpha value is -0.480. The Morgan fingerprint density at radius 2 is 2.29 bits per heavy atom. The van der Waals surface area contributed by atoms with Gasteiger partial charge in [-0.1, -0.05) is 4.47 Å². The second kappa shape index (κ2) is 4.65. The molecule has 9 heteroatoms. The molecule has 0 spiro atoms. The van der Waals surface area contributed by atoms with Crippen molar-refractivity contribution in [3.05, 3.63) is 14.7 Å². The van der Waals surface area contributed by atoms with Gasteiger partial charge in [-0.2, -0.15) is 0 Å². The number of nitrogens with zero attached hydrogens (tertiary/aromatic N) is 1. The molecular weight excluding hydrogens is 334 g/mol. The van der Waals surface area contributed by atoms with Crippen molar-refractivity contribution in [2.75, 3.05) is 13.2 Å². The van der Waals surface area contributed by atoms with Crippen LogP contribution in [0, 0.1) is 0 Å². The highest BCUT2D eigenvalue weighted by Crippen LogP contribution is 2.34. The van der Waals surface area contributed by atoms with Gasteiger partial charge in [-0.3, -0.25) is 4.84 Å². The fourth-order valence-electron chi connectivity index (χ4n) is 1.36. The summed E-state index contributed by atoms with van der Waals surface area (Å²) in [4.78, 5) is 15.6. The molecule has 94 valence electrons. The second-order valence-electron chi connectivity index (χ2n) is 3.27. The summed E-state index contributed by atoms with van der Waals surface area (Å²) >= 11 is 3.93. The van der Waals surface area contributed by atoms with E-state index in [9.17, 15) is 13.2 Å². The highest BCUT2D eigenvalue weighted by Gasteiger charge is 2.32. The van der Waals surface area contributed by atoms with Crippen molar-refractivity contribution >= 4 is 43.3 Å². The van der Waals surface area contributed by atoms with Crippen LogP contribution in [0.15, 0.2) is 14.7 Å². The first-order valence-electron chi connectivity index (χ1n) is 4.61. The highest BCUT2D eigenvalue weighted by molar-refractivity contribution is 9.11. The molecule has 0 unspecified atom stereocenters. The molecule has 0 aromatic carbocycles. The summed E-state index contributed by atoms with van der Waals surface area (Å²) < 4.78 is 25.3. The van der Waals surface area contributed by atoms with Gasteiger partial charge in [0.15, 0.2) is 0 Å². The molecule has 1 aromatic rings. The average molecular weight is 342 g/mol. The molecule has 0 aliphatic carbocycles. The van der Waals surface area contributed by atoms with Crippen LogP contribution >= 0.6 is 27.3 Å². The minimum Gasteiger partial charge on any atom is -0.477 e. The molecule has 1 aromatic heterocycles. The normalized spacial score (nSPS) is 17.5. The number of carbonyl (C=O) groups is 1. The standard InChI is InChI=1S/C8H8BrNO5S2/c9-7-6(4-5(16-7)8(11)12)17(13,14)10-2-1-3-15-10/h4H,1-3H2,(H,11,12). The van der Waals surface area contributed by atoms with Crippen molar-refractivity contribution in [3.63, 3.8) is 0 Å². The zero-order chi connectivity index (χ0) is 12.6. The first-order chi connectivity index (χ1) is 7.93. The Morgan fingerprint density at radius 1 is 1.59 bits per heavy atom. The van der Waals surface area contributed by atoms with Gasteiger partial charge in [0.25, 0.3) is 10.0 Å². The smallest absolute Gasteiger partial charge is 0.345 e. The van der Waals surface area contributed by atoms with E-state index in [1.165, 1.54) is 0 Å². The molecule has 0 saturated carbocycles. The molecule has 2 heterocycles. The third-order valence-electron chi connectivity index (χ3n) is 2.13. The molecule has 0 bridgehead atoms. The lowest BCUT2D eigenvalue weighted by atomic mass is 10.5. The largest absolute Gasteiger partial charge is 0.477 e. The summed E-state index contributed by atoms with van der Waals surface area (Å²) in [7, 11) is -3.77. The Kier molecular flexibility index (Phi) is 3.55. The number of aromatic carboxylic acids is 1. The molecule has 0 radical (unpaired) electrons. The van der Waals surface area contributed by atoms with Gasteiger partial charge in [0.05, 0.1) is 10.4 Å². The molecule has 1 fully saturated rings. The highest BCUT2D eigenvalue weighted by atomic mass is 79.9. The Labute approximate surface area is 110 Å². The Morgan fingerprint density at radius 3 is 2.76 bits per heavy atom. The fourth-order valence-corrected chi connectivity index (χ4v) is 5.01. The van der Waals surface area contributed by atoms with Crippen LogP contribution in [0.5, 0.6) is 0 Å². The minimum atomic E-state index is -3.77. The SMILES string of the molecule is O=C(O)c1cc(S(=O)(=O)N2CCCO2)c(Br)s1. The topological polar surface area (TPSA) is 83.9 Å². The zero-order valence-electron chi connectivity index (χ0n) is 8.42. The average Bonchev–Trinajstić information content (AvgIpc) is 2.85. The van der Waals surface area contributed by atoms with E-state index in [1.54, 1.807) is 0 Å². The van der Waals surface area contributed by atoms with E-state index in [0.29, 0.717) is 13.0 Å². The maximum Gasteiger partial charge on any atom is 0.345 e. The van der Waals surface area contributed by atoms with E-state index in [-0.39, 0.29) is 20.1 Å². The fraction of sp³-hybridized carbons (Fsp3) is 0.375. The number of halogens is 1. The lowest BCUT2D eigenvalue weighted by Crippen LogP contribution is -2.26. The zero-order valence-corrected chi connectivity index (χ0v) is 11.6. The van der Waals surface area contributed by atoms with Crippen molar-refractivity contribution in [3.8, 4) is 0 Å². The van der Waals surface area contributed by atoms with Gasteiger partial charge in [-0.15, -0.1) is 11.3 Å². The summed E-state index contributed by atoms with van der Waals surface area (Å²) in [6.45, 7) is 0.639. The summed E-state index contributed by atoms with van der Waals surface area (Å²) in [5.41, 5.74) is 0. The lowest BCUT2D eigenvalue weighted by molar-refractivity contribution is -0.0284. The quantitative estimate of drug-likeness (QED) is 0.901. The number of thiophene rings is 1. The number of hydrogen-bond acceptors (Lipinski definition) is 5. The molecule has 0 amide bonds. The van der Waals surface area contributed by atoms with Crippen LogP contribution in [0.3, 0.4) is 0 Å². The monoisotopic (exact) mass is 341 g/mol. The van der Waals surface area contributed by atoms with Crippen LogP contribution in [-0.4, -0.2) is 37.1 Å². The van der Waals surface area contributed by atoms with Crippen molar-refractivity contribution in [2.45, 2.75) is 11.3 Å². The van der Waals surface area contributed by atoms with Gasteiger partial charge in [-0.25, -0.2) is 13.2 Å². The van der Waals surface area contributed by atoms with E-state index in [2.05, 4.69) is 15.9 Å². The predicted octanol–water partition coefficient (Wildman–Crippen LogP) is 1.53. The van der Waals surface area contributed by atoms with E-state index in [1.807, 2.05) is 0 Å². The van der Waals surface area contributed by atoms with Crippen LogP contribution in [0.1, 0.15) is 16.1 Å². The molecule has 17 heavy (non-hydrogen) atoms. The molecule has 1 N–H and O–H groups in total. The number of rotatable bonds is 3. The van der Waals surface area contributed by atoms with Crippen LogP contribution in [0.25, 0.3) is 0 Å². The van der Waals surface area contributed by atoms with Gasteiger partial charge in [0.1, 0.15) is 9.77 Å². The van der Waals surface area contributed by atoms with Gasteiger partial charge in [0.2, 0.25) is 0 Å². The van der Waals surface area contributed by atoms with E-state index in [4.69, 9.17) is 9.94 Å². The van der Waals surface area contributed by atoms with E-state index >= 15 is 0 Å². The van der Waals surface area contributed by atoms with E-state index in [0.717, 1.165) is 21.9 Å². The third-order valence-corrected chi connectivity index (χ3v) is 6.05. The molecule has 1 aliphatic heterocycles. The molecule has 0 atom stereocenters. The number of hydroxylamine groups is 1. The first-order valence-corrected chi connectivity index (χ1v) is 7.66. The van der Waals surface area contributed by atoms with Crippen LogP contribution in [0.4, 0.5) is 0 Å². The Balaban J connectivity index is 2.42. The van der Waals surface area contributed by atoms with Gasteiger partial charge in [-0.05, 0) is 28.4 Å². The number of carboxylic acids is 1. The summed E-state index contributed by atoms with van der Waals surface area (Å²) in [5.74, 6) is -1.15. The van der Waals surface area contributed by atoms with Crippen molar-refractivity contribution in [1.82, 2.24) is 4.47 Å². The van der Waals surface area contributed by atoms with Crippen LogP contribution in [0.2, 0.25) is 0 Å². The number of sulfonamides is 1. The van der Waals surface area contributed by atoms with Gasteiger partial charge >= 0.3 is 5.97 Å². The predicted molar refractivity (Wildman–Crippen MR) is 63.4 cm³/mol. The maximum atomic E-state index is 12.1. The maximum absolute atomic E-state index is 12.1. The second-order valence-corrected chi connectivity index (χ2v) is 7.44. The van der Waals surface area contributed by atoms with Crippen LogP contribution in [-0.2, 0) is 14.9 Å². The summed E-state index contributed by atoms with van der Waals surface area (Å²) in [6.07, 6.45) is 0.632.